The topological polar surface area (TPSA) is 58.6 Å². The molecular formula is C6H10F3NO3. The van der Waals surface area contributed by atoms with Crippen LogP contribution in [0.3, 0.4) is 0 Å². The SMILES string of the molecule is COCC(O)CNC(=O)C(F)(F)F. The maximum atomic E-state index is 11.6. The molecule has 1 atom stereocenters. The summed E-state index contributed by atoms with van der Waals surface area (Å²) in [6.07, 6.45) is -6.04. The van der Waals surface area contributed by atoms with Gasteiger partial charge in [0.2, 0.25) is 0 Å². The molecule has 4 nitrogen and oxygen atoms in total. The van der Waals surface area contributed by atoms with E-state index in [0.717, 1.165) is 0 Å². The van der Waals surface area contributed by atoms with Gasteiger partial charge in [0.25, 0.3) is 0 Å². The summed E-state index contributed by atoms with van der Waals surface area (Å²) in [5, 5.41) is 10.4. The number of carbonyl (C=O) groups is 1. The van der Waals surface area contributed by atoms with Gasteiger partial charge in [-0.2, -0.15) is 13.2 Å². The molecule has 0 saturated carbocycles. The van der Waals surface area contributed by atoms with Gasteiger partial charge in [0.05, 0.1) is 12.7 Å². The van der Waals surface area contributed by atoms with E-state index in [9.17, 15) is 18.0 Å². The summed E-state index contributed by atoms with van der Waals surface area (Å²) in [6, 6.07) is 0. The van der Waals surface area contributed by atoms with Crippen LogP contribution in [0.2, 0.25) is 0 Å². The number of alkyl halides is 3. The van der Waals surface area contributed by atoms with E-state index in [1.54, 1.807) is 0 Å². The van der Waals surface area contributed by atoms with Gasteiger partial charge in [-0.05, 0) is 0 Å². The highest BCUT2D eigenvalue weighted by atomic mass is 19.4. The number of aliphatic hydroxyl groups is 1. The molecule has 13 heavy (non-hydrogen) atoms. The van der Waals surface area contributed by atoms with Crippen LogP contribution in [-0.4, -0.2) is 43.6 Å². The summed E-state index contributed by atoms with van der Waals surface area (Å²) >= 11 is 0. The van der Waals surface area contributed by atoms with Crippen molar-refractivity contribution >= 4 is 5.91 Å². The van der Waals surface area contributed by atoms with Crippen molar-refractivity contribution in [1.29, 1.82) is 0 Å². The molecule has 0 spiro atoms. The van der Waals surface area contributed by atoms with Crippen LogP contribution in [0, 0.1) is 0 Å². The lowest BCUT2D eigenvalue weighted by Gasteiger charge is -2.11. The molecule has 0 bridgehead atoms. The number of ether oxygens (including phenoxy) is 1. The average molecular weight is 201 g/mol. The fourth-order valence-electron chi connectivity index (χ4n) is 0.562. The van der Waals surface area contributed by atoms with Crippen LogP contribution in [0.4, 0.5) is 13.2 Å². The van der Waals surface area contributed by atoms with Gasteiger partial charge in [0, 0.05) is 13.7 Å². The van der Waals surface area contributed by atoms with E-state index in [1.807, 2.05) is 0 Å². The van der Waals surface area contributed by atoms with Gasteiger partial charge in [-0.25, -0.2) is 0 Å². The van der Waals surface area contributed by atoms with Crippen LogP contribution in [0.1, 0.15) is 0 Å². The van der Waals surface area contributed by atoms with E-state index in [0.29, 0.717) is 0 Å². The smallest absolute Gasteiger partial charge is 0.389 e. The van der Waals surface area contributed by atoms with E-state index >= 15 is 0 Å². The van der Waals surface area contributed by atoms with E-state index in [2.05, 4.69) is 4.74 Å². The van der Waals surface area contributed by atoms with Crippen LogP contribution >= 0.6 is 0 Å². The third kappa shape index (κ3) is 5.42. The van der Waals surface area contributed by atoms with Crippen molar-refractivity contribution in [2.75, 3.05) is 20.3 Å². The number of carbonyl (C=O) groups excluding carboxylic acids is 1. The Kier molecular flexibility index (Phi) is 4.71. The Morgan fingerprint density at radius 1 is 1.62 bits per heavy atom. The minimum Gasteiger partial charge on any atom is -0.389 e. The minimum absolute atomic E-state index is 0.127. The molecule has 1 unspecified atom stereocenters. The highest BCUT2D eigenvalue weighted by molar-refractivity contribution is 5.81. The highest BCUT2D eigenvalue weighted by Gasteiger charge is 2.38. The Morgan fingerprint density at radius 2 is 2.15 bits per heavy atom. The molecule has 0 aromatic rings. The summed E-state index contributed by atoms with van der Waals surface area (Å²) in [4.78, 5) is 10.2. The molecular weight excluding hydrogens is 191 g/mol. The van der Waals surface area contributed by atoms with Crippen molar-refractivity contribution in [3.63, 3.8) is 0 Å². The third-order valence-corrected chi connectivity index (χ3v) is 1.11. The first-order valence-corrected chi connectivity index (χ1v) is 3.40. The number of methoxy groups -OCH3 is 1. The molecule has 7 heteroatoms. The fraction of sp³-hybridized carbons (Fsp3) is 0.833. The lowest BCUT2D eigenvalue weighted by atomic mass is 10.4. The number of halogens is 3. The number of hydrogen-bond acceptors (Lipinski definition) is 3. The predicted molar refractivity (Wildman–Crippen MR) is 36.9 cm³/mol. The molecule has 0 rings (SSSR count). The fourth-order valence-corrected chi connectivity index (χ4v) is 0.562. The molecule has 0 radical (unpaired) electrons. The lowest BCUT2D eigenvalue weighted by Crippen LogP contribution is -2.41. The average Bonchev–Trinajstić information content (AvgIpc) is 1.99. The second kappa shape index (κ2) is 5.03. The molecule has 0 aromatic heterocycles. The zero-order valence-corrected chi connectivity index (χ0v) is 6.89. The monoisotopic (exact) mass is 201 g/mol. The maximum absolute atomic E-state index is 11.6. The molecule has 0 saturated heterocycles. The number of aliphatic hydroxyl groups excluding tert-OH is 1. The van der Waals surface area contributed by atoms with Gasteiger partial charge in [-0.15, -0.1) is 0 Å². The van der Waals surface area contributed by atoms with Crippen molar-refractivity contribution in [3.8, 4) is 0 Å². The number of amides is 1. The van der Waals surface area contributed by atoms with Crippen LogP contribution in [0.5, 0.6) is 0 Å². The van der Waals surface area contributed by atoms with Crippen molar-refractivity contribution in [3.05, 3.63) is 0 Å². The maximum Gasteiger partial charge on any atom is 0.471 e. The summed E-state index contributed by atoms with van der Waals surface area (Å²) in [6.45, 7) is -0.607. The molecule has 2 N–H and O–H groups in total. The summed E-state index contributed by atoms with van der Waals surface area (Å²) < 4.78 is 39.1. The van der Waals surface area contributed by atoms with E-state index in [4.69, 9.17) is 5.11 Å². The molecule has 0 fully saturated rings. The van der Waals surface area contributed by atoms with Crippen molar-refractivity contribution in [2.24, 2.45) is 0 Å². The van der Waals surface area contributed by atoms with Gasteiger partial charge in [-0.1, -0.05) is 0 Å². The Hall–Kier alpha value is -0.820. The summed E-state index contributed by atoms with van der Waals surface area (Å²) in [7, 11) is 1.29. The normalized spacial score (nSPS) is 13.9. The molecule has 1 amide bonds. The summed E-state index contributed by atoms with van der Waals surface area (Å²) in [5.74, 6) is -2.07. The molecule has 0 aromatic carbocycles. The zero-order valence-electron chi connectivity index (χ0n) is 6.89. The Labute approximate surface area is 72.7 Å². The number of nitrogens with one attached hydrogen (secondary N) is 1. The van der Waals surface area contributed by atoms with Crippen molar-refractivity contribution in [2.45, 2.75) is 12.3 Å². The van der Waals surface area contributed by atoms with Gasteiger partial charge in [0.15, 0.2) is 0 Å². The lowest BCUT2D eigenvalue weighted by molar-refractivity contribution is -0.174. The third-order valence-electron chi connectivity index (χ3n) is 1.11. The standard InChI is InChI=1S/C6H10F3NO3/c1-13-3-4(11)2-10-5(12)6(7,8)9/h4,11H,2-3H2,1H3,(H,10,12). The van der Waals surface area contributed by atoms with Crippen LogP contribution in [-0.2, 0) is 9.53 Å². The number of rotatable bonds is 4. The molecule has 0 heterocycles. The molecule has 0 aliphatic heterocycles. The highest BCUT2D eigenvalue weighted by Crippen LogP contribution is 2.13. The first kappa shape index (κ1) is 12.2. The van der Waals surface area contributed by atoms with Crippen molar-refractivity contribution in [1.82, 2.24) is 5.32 Å². The summed E-state index contributed by atoms with van der Waals surface area (Å²) in [5.41, 5.74) is 0. The zero-order chi connectivity index (χ0) is 10.5. The predicted octanol–water partition coefficient (Wildman–Crippen LogP) is -0.328. The number of hydrogen-bond donors (Lipinski definition) is 2. The second-order valence-corrected chi connectivity index (χ2v) is 2.32. The Balaban J connectivity index is 3.71. The Morgan fingerprint density at radius 3 is 2.54 bits per heavy atom. The quantitative estimate of drug-likeness (QED) is 0.655. The molecule has 0 aliphatic carbocycles. The largest absolute Gasteiger partial charge is 0.471 e. The second-order valence-electron chi connectivity index (χ2n) is 2.32. The Bertz CT molecular complexity index is 171. The molecule has 78 valence electrons. The van der Waals surface area contributed by atoms with Crippen LogP contribution < -0.4 is 5.32 Å². The first-order chi connectivity index (χ1) is 5.88. The van der Waals surface area contributed by atoms with Gasteiger partial charge in [-0.3, -0.25) is 4.79 Å². The van der Waals surface area contributed by atoms with E-state index in [1.165, 1.54) is 12.4 Å². The van der Waals surface area contributed by atoms with Crippen LogP contribution in [0.25, 0.3) is 0 Å². The first-order valence-electron chi connectivity index (χ1n) is 3.40. The van der Waals surface area contributed by atoms with Gasteiger partial charge in [0.1, 0.15) is 0 Å². The van der Waals surface area contributed by atoms with Gasteiger partial charge < -0.3 is 15.2 Å². The van der Waals surface area contributed by atoms with Crippen LogP contribution in [0.15, 0.2) is 0 Å². The van der Waals surface area contributed by atoms with E-state index < -0.39 is 24.7 Å². The molecule has 0 aliphatic rings. The van der Waals surface area contributed by atoms with E-state index in [-0.39, 0.29) is 6.61 Å². The van der Waals surface area contributed by atoms with Crippen molar-refractivity contribution < 1.29 is 27.8 Å². The van der Waals surface area contributed by atoms with Gasteiger partial charge >= 0.3 is 12.1 Å². The minimum atomic E-state index is -4.91.